The predicted molar refractivity (Wildman–Crippen MR) is 125 cm³/mol. The fourth-order valence-corrected chi connectivity index (χ4v) is 3.73. The molecule has 2 fully saturated rings. The SMILES string of the molecule is CCNC(=NCc1ccc(COC2CCOCC2)cc1)NC1CCCCC1.I. The van der Waals surface area contributed by atoms with E-state index in [9.17, 15) is 0 Å². The highest BCUT2D eigenvalue weighted by Gasteiger charge is 2.15. The van der Waals surface area contributed by atoms with Crippen molar-refractivity contribution in [1.29, 1.82) is 0 Å². The summed E-state index contributed by atoms with van der Waals surface area (Å²) in [4.78, 5) is 4.78. The Balaban J connectivity index is 0.00000280. The fourth-order valence-electron chi connectivity index (χ4n) is 3.73. The number of benzene rings is 1. The van der Waals surface area contributed by atoms with Crippen molar-refractivity contribution in [2.24, 2.45) is 4.99 Å². The molecule has 0 unspecified atom stereocenters. The van der Waals surface area contributed by atoms with Crippen molar-refractivity contribution in [3.63, 3.8) is 0 Å². The zero-order valence-electron chi connectivity index (χ0n) is 17.1. The molecule has 1 saturated heterocycles. The van der Waals surface area contributed by atoms with E-state index >= 15 is 0 Å². The lowest BCUT2D eigenvalue weighted by molar-refractivity contribution is -0.0390. The summed E-state index contributed by atoms with van der Waals surface area (Å²) in [6.45, 7) is 6.03. The molecular formula is C22H36IN3O2. The van der Waals surface area contributed by atoms with Crippen LogP contribution in [0, 0.1) is 0 Å². The summed E-state index contributed by atoms with van der Waals surface area (Å²) in [6, 6.07) is 9.21. The van der Waals surface area contributed by atoms with Gasteiger partial charge in [-0.25, -0.2) is 4.99 Å². The normalized spacial score (nSPS) is 19.1. The molecule has 2 aliphatic rings. The van der Waals surface area contributed by atoms with Crippen molar-refractivity contribution >= 4 is 29.9 Å². The first-order valence-electron chi connectivity index (χ1n) is 10.7. The summed E-state index contributed by atoms with van der Waals surface area (Å²) in [6.07, 6.45) is 8.90. The van der Waals surface area contributed by atoms with Gasteiger partial charge in [0.2, 0.25) is 0 Å². The minimum Gasteiger partial charge on any atom is -0.381 e. The molecule has 158 valence electrons. The molecular weight excluding hydrogens is 465 g/mol. The Morgan fingerprint density at radius 1 is 1.04 bits per heavy atom. The van der Waals surface area contributed by atoms with E-state index in [1.165, 1.54) is 43.2 Å². The highest BCUT2D eigenvalue weighted by molar-refractivity contribution is 14.0. The van der Waals surface area contributed by atoms with E-state index in [-0.39, 0.29) is 24.0 Å². The Hall–Kier alpha value is -0.860. The maximum atomic E-state index is 6.00. The topological polar surface area (TPSA) is 54.9 Å². The lowest BCUT2D eigenvalue weighted by Crippen LogP contribution is -2.44. The third-order valence-electron chi connectivity index (χ3n) is 5.39. The van der Waals surface area contributed by atoms with Gasteiger partial charge in [-0.3, -0.25) is 0 Å². The van der Waals surface area contributed by atoms with E-state index < -0.39 is 0 Å². The van der Waals surface area contributed by atoms with Gasteiger partial charge in [-0.2, -0.15) is 0 Å². The number of rotatable bonds is 7. The average Bonchev–Trinajstić information content (AvgIpc) is 2.73. The molecule has 28 heavy (non-hydrogen) atoms. The van der Waals surface area contributed by atoms with Crippen LogP contribution < -0.4 is 10.6 Å². The first-order chi connectivity index (χ1) is 13.3. The molecule has 2 N–H and O–H groups in total. The monoisotopic (exact) mass is 501 g/mol. The van der Waals surface area contributed by atoms with Crippen molar-refractivity contribution in [1.82, 2.24) is 10.6 Å². The molecule has 5 nitrogen and oxygen atoms in total. The number of nitrogens with one attached hydrogen (secondary N) is 2. The van der Waals surface area contributed by atoms with Gasteiger partial charge in [-0.1, -0.05) is 43.5 Å². The lowest BCUT2D eigenvalue weighted by atomic mass is 9.96. The maximum absolute atomic E-state index is 6.00. The molecule has 1 heterocycles. The number of nitrogens with zero attached hydrogens (tertiary/aromatic N) is 1. The van der Waals surface area contributed by atoms with E-state index in [0.29, 0.717) is 25.3 Å². The molecule has 1 aromatic carbocycles. The van der Waals surface area contributed by atoms with Gasteiger partial charge in [-0.05, 0) is 43.7 Å². The number of ether oxygens (including phenoxy) is 2. The highest BCUT2D eigenvalue weighted by Crippen LogP contribution is 2.17. The van der Waals surface area contributed by atoms with Crippen molar-refractivity contribution < 1.29 is 9.47 Å². The standard InChI is InChI=1S/C22H35N3O2.HI/c1-2-23-22(25-20-6-4-3-5-7-20)24-16-18-8-10-19(11-9-18)17-27-21-12-14-26-15-13-21;/h8-11,20-21H,2-7,12-17H2,1H3,(H2,23,24,25);1H. The van der Waals surface area contributed by atoms with Crippen LogP contribution in [0.5, 0.6) is 0 Å². The molecule has 0 radical (unpaired) electrons. The smallest absolute Gasteiger partial charge is 0.191 e. The van der Waals surface area contributed by atoms with Crippen LogP contribution in [0.2, 0.25) is 0 Å². The minimum absolute atomic E-state index is 0. The summed E-state index contributed by atoms with van der Waals surface area (Å²) in [5, 5.41) is 6.98. The van der Waals surface area contributed by atoms with Gasteiger partial charge in [-0.15, -0.1) is 24.0 Å². The number of halogens is 1. The molecule has 6 heteroatoms. The highest BCUT2D eigenvalue weighted by atomic mass is 127. The Morgan fingerprint density at radius 2 is 1.71 bits per heavy atom. The first kappa shape index (κ1) is 23.4. The van der Waals surface area contributed by atoms with E-state index in [0.717, 1.165) is 38.6 Å². The molecule has 1 aliphatic carbocycles. The van der Waals surface area contributed by atoms with E-state index in [1.807, 2.05) is 0 Å². The maximum Gasteiger partial charge on any atom is 0.191 e. The van der Waals surface area contributed by atoms with E-state index in [1.54, 1.807) is 0 Å². The molecule has 0 bridgehead atoms. The van der Waals surface area contributed by atoms with Crippen LogP contribution in [0.15, 0.2) is 29.3 Å². The molecule has 0 aromatic heterocycles. The third kappa shape index (κ3) is 8.25. The zero-order valence-corrected chi connectivity index (χ0v) is 19.5. The second-order valence-corrected chi connectivity index (χ2v) is 7.61. The van der Waals surface area contributed by atoms with Gasteiger partial charge in [0.1, 0.15) is 0 Å². The molecule has 0 spiro atoms. The van der Waals surface area contributed by atoms with Crippen LogP contribution in [-0.2, 0) is 22.6 Å². The van der Waals surface area contributed by atoms with Crippen molar-refractivity contribution in [3.8, 4) is 0 Å². The summed E-state index contributed by atoms with van der Waals surface area (Å²) in [7, 11) is 0. The second-order valence-electron chi connectivity index (χ2n) is 7.61. The molecule has 1 aromatic rings. The molecule has 1 saturated carbocycles. The average molecular weight is 501 g/mol. The largest absolute Gasteiger partial charge is 0.381 e. The Morgan fingerprint density at radius 3 is 2.39 bits per heavy atom. The second kappa shape index (κ2) is 13.4. The van der Waals surface area contributed by atoms with Crippen LogP contribution in [0.3, 0.4) is 0 Å². The van der Waals surface area contributed by atoms with Gasteiger partial charge in [0.25, 0.3) is 0 Å². The quantitative estimate of drug-likeness (QED) is 0.331. The van der Waals surface area contributed by atoms with Crippen LogP contribution >= 0.6 is 24.0 Å². The van der Waals surface area contributed by atoms with Crippen molar-refractivity contribution in [2.45, 2.75) is 77.2 Å². The Bertz CT molecular complexity index is 568. The van der Waals surface area contributed by atoms with Gasteiger partial charge in [0.05, 0.1) is 19.3 Å². The number of hydrogen-bond acceptors (Lipinski definition) is 3. The van der Waals surface area contributed by atoms with Gasteiger partial charge in [0, 0.05) is 25.8 Å². The number of hydrogen-bond donors (Lipinski definition) is 2. The number of aliphatic imine (C=N–C) groups is 1. The van der Waals surface area contributed by atoms with Gasteiger partial charge in [0.15, 0.2) is 5.96 Å². The zero-order chi connectivity index (χ0) is 18.7. The van der Waals surface area contributed by atoms with Crippen LogP contribution in [-0.4, -0.2) is 37.9 Å². The predicted octanol–water partition coefficient (Wildman–Crippen LogP) is 4.39. The summed E-state index contributed by atoms with van der Waals surface area (Å²) in [5.74, 6) is 0.941. The van der Waals surface area contributed by atoms with Crippen LogP contribution in [0.4, 0.5) is 0 Å². The Labute approximate surface area is 187 Å². The van der Waals surface area contributed by atoms with Gasteiger partial charge < -0.3 is 20.1 Å². The summed E-state index contributed by atoms with van der Waals surface area (Å²) < 4.78 is 11.4. The van der Waals surface area contributed by atoms with Crippen molar-refractivity contribution in [3.05, 3.63) is 35.4 Å². The summed E-state index contributed by atoms with van der Waals surface area (Å²) >= 11 is 0. The third-order valence-corrected chi connectivity index (χ3v) is 5.39. The molecule has 0 atom stereocenters. The summed E-state index contributed by atoms with van der Waals surface area (Å²) in [5.41, 5.74) is 2.45. The van der Waals surface area contributed by atoms with Gasteiger partial charge >= 0.3 is 0 Å². The fraction of sp³-hybridized carbons (Fsp3) is 0.682. The molecule has 0 amide bonds. The minimum atomic E-state index is 0. The lowest BCUT2D eigenvalue weighted by Gasteiger charge is -2.24. The first-order valence-corrected chi connectivity index (χ1v) is 10.7. The Kier molecular flexibility index (Phi) is 11.2. The van der Waals surface area contributed by atoms with Crippen LogP contribution in [0.25, 0.3) is 0 Å². The van der Waals surface area contributed by atoms with E-state index in [2.05, 4.69) is 41.8 Å². The molecule has 3 rings (SSSR count). The van der Waals surface area contributed by atoms with Crippen LogP contribution in [0.1, 0.15) is 63.0 Å². The van der Waals surface area contributed by atoms with Crippen molar-refractivity contribution in [2.75, 3.05) is 19.8 Å². The number of guanidine groups is 1. The molecule has 1 aliphatic heterocycles. The van der Waals surface area contributed by atoms with E-state index in [4.69, 9.17) is 14.5 Å².